The Morgan fingerprint density at radius 3 is 2.67 bits per heavy atom. The molecule has 0 spiro atoms. The third-order valence-corrected chi connectivity index (χ3v) is 5.18. The first-order chi connectivity index (χ1) is 13.1. The Hall–Kier alpha value is -2.64. The van der Waals surface area contributed by atoms with Gasteiger partial charge in [-0.1, -0.05) is 46.6 Å². The lowest BCUT2D eigenvalue weighted by Crippen LogP contribution is -2.23. The molecule has 0 saturated carbocycles. The summed E-state index contributed by atoms with van der Waals surface area (Å²) in [5, 5.41) is 13.1. The van der Waals surface area contributed by atoms with Crippen molar-refractivity contribution >= 4 is 28.9 Å². The highest BCUT2D eigenvalue weighted by Crippen LogP contribution is 2.29. The summed E-state index contributed by atoms with van der Waals surface area (Å²) in [4.78, 5) is 17.7. The molecular formula is C18H15Cl2N5O2. The van der Waals surface area contributed by atoms with Gasteiger partial charge in [0, 0.05) is 28.2 Å². The van der Waals surface area contributed by atoms with E-state index in [-0.39, 0.29) is 12.3 Å². The molecule has 7 nitrogen and oxygen atoms in total. The molecule has 9 heteroatoms. The van der Waals surface area contributed by atoms with Crippen LogP contribution in [0.25, 0.3) is 5.69 Å². The predicted octanol–water partition coefficient (Wildman–Crippen LogP) is 3.14. The smallest absolute Gasteiger partial charge is 0.368 e. The van der Waals surface area contributed by atoms with Crippen LogP contribution in [0.2, 0.25) is 10.0 Å². The van der Waals surface area contributed by atoms with Crippen molar-refractivity contribution in [3.63, 3.8) is 0 Å². The number of fused-ring (bicyclic) bond motifs is 1. The minimum absolute atomic E-state index is 0.0947. The molecule has 1 heterocycles. The lowest BCUT2D eigenvalue weighted by molar-refractivity contribution is 0.130. The predicted molar refractivity (Wildman–Crippen MR) is 103 cm³/mol. The van der Waals surface area contributed by atoms with Gasteiger partial charge in [0.15, 0.2) is 0 Å². The number of halogens is 2. The molecule has 4 rings (SSSR count). The maximum Gasteiger partial charge on any atom is 0.368 e. The number of rotatable bonds is 4. The molecular weight excluding hydrogens is 389 g/mol. The van der Waals surface area contributed by atoms with Crippen molar-refractivity contribution in [2.75, 3.05) is 0 Å². The van der Waals surface area contributed by atoms with Crippen LogP contribution in [0.15, 0.2) is 46.3 Å². The molecule has 0 N–H and O–H groups in total. The van der Waals surface area contributed by atoms with Gasteiger partial charge < -0.3 is 4.84 Å². The van der Waals surface area contributed by atoms with E-state index in [4.69, 9.17) is 28.0 Å². The molecule has 0 bridgehead atoms. The Balaban J connectivity index is 1.61. The molecule has 0 atom stereocenters. The Morgan fingerprint density at radius 1 is 1.11 bits per heavy atom. The molecule has 0 unspecified atom stereocenters. The van der Waals surface area contributed by atoms with E-state index in [1.165, 1.54) is 11.7 Å². The molecule has 0 aliphatic heterocycles. The van der Waals surface area contributed by atoms with Gasteiger partial charge in [-0.25, -0.2) is 4.79 Å². The van der Waals surface area contributed by atoms with Gasteiger partial charge in [0.2, 0.25) is 0 Å². The summed E-state index contributed by atoms with van der Waals surface area (Å²) in [6, 6.07) is 11.0. The van der Waals surface area contributed by atoms with Crippen molar-refractivity contribution in [2.24, 2.45) is 12.2 Å². The zero-order valence-electron chi connectivity index (χ0n) is 14.4. The fourth-order valence-electron chi connectivity index (χ4n) is 3.08. The van der Waals surface area contributed by atoms with E-state index in [1.54, 1.807) is 18.2 Å². The first kappa shape index (κ1) is 17.8. The number of nitrogens with zero attached hydrogens (tertiary/aromatic N) is 5. The van der Waals surface area contributed by atoms with Gasteiger partial charge in [-0.05, 0) is 47.0 Å². The van der Waals surface area contributed by atoms with Crippen molar-refractivity contribution in [3.8, 4) is 5.69 Å². The van der Waals surface area contributed by atoms with Crippen LogP contribution >= 0.6 is 23.2 Å². The maximum absolute atomic E-state index is 12.2. The first-order valence-electron chi connectivity index (χ1n) is 8.29. The highest BCUT2D eigenvalue weighted by atomic mass is 35.5. The van der Waals surface area contributed by atoms with Crippen LogP contribution in [-0.4, -0.2) is 25.5 Å². The zero-order chi connectivity index (χ0) is 19.0. The van der Waals surface area contributed by atoms with Crippen LogP contribution in [0.4, 0.5) is 0 Å². The summed E-state index contributed by atoms with van der Waals surface area (Å²) in [6.45, 7) is 0.0947. The van der Waals surface area contributed by atoms with E-state index in [2.05, 4.69) is 15.6 Å². The van der Waals surface area contributed by atoms with Crippen LogP contribution in [0.3, 0.4) is 0 Å². The van der Waals surface area contributed by atoms with Crippen LogP contribution in [0, 0.1) is 0 Å². The minimum Gasteiger partial charge on any atom is -0.391 e. The summed E-state index contributed by atoms with van der Waals surface area (Å²) in [7, 11) is 1.53. The first-order valence-corrected chi connectivity index (χ1v) is 9.05. The molecule has 0 fully saturated rings. The minimum atomic E-state index is -0.371. The fraction of sp³-hybridized carbons (Fsp3) is 0.222. The number of aromatic nitrogens is 4. The van der Waals surface area contributed by atoms with E-state index < -0.39 is 0 Å². The quantitative estimate of drug-likeness (QED) is 0.627. The normalized spacial score (nSPS) is 14.6. The van der Waals surface area contributed by atoms with E-state index >= 15 is 0 Å². The Bertz CT molecular complexity index is 1100. The molecule has 1 aromatic heterocycles. The largest absolute Gasteiger partial charge is 0.391 e. The third kappa shape index (κ3) is 3.24. The third-order valence-electron chi connectivity index (χ3n) is 4.47. The Labute approximate surface area is 164 Å². The number of hydrogen-bond acceptors (Lipinski definition) is 5. The molecule has 0 saturated heterocycles. The van der Waals surface area contributed by atoms with Gasteiger partial charge in [-0.15, -0.1) is 0 Å². The van der Waals surface area contributed by atoms with Gasteiger partial charge in [0.1, 0.15) is 6.61 Å². The lowest BCUT2D eigenvalue weighted by atomic mass is 10.1. The molecule has 1 aliphatic rings. The average molecular weight is 404 g/mol. The zero-order valence-corrected chi connectivity index (χ0v) is 15.9. The molecule has 3 aromatic rings. The van der Waals surface area contributed by atoms with Gasteiger partial charge in [-0.3, -0.25) is 0 Å². The van der Waals surface area contributed by atoms with E-state index in [0.717, 1.165) is 39.4 Å². The lowest BCUT2D eigenvalue weighted by Gasteiger charge is -2.09. The Morgan fingerprint density at radius 2 is 1.89 bits per heavy atom. The van der Waals surface area contributed by atoms with E-state index in [1.807, 2.05) is 18.2 Å². The monoisotopic (exact) mass is 403 g/mol. The van der Waals surface area contributed by atoms with Crippen LogP contribution in [0.5, 0.6) is 0 Å². The molecule has 138 valence electrons. The van der Waals surface area contributed by atoms with Crippen molar-refractivity contribution < 1.29 is 4.84 Å². The highest BCUT2D eigenvalue weighted by molar-refractivity contribution is 6.32. The van der Waals surface area contributed by atoms with Crippen molar-refractivity contribution in [2.45, 2.75) is 19.4 Å². The summed E-state index contributed by atoms with van der Waals surface area (Å²) >= 11 is 12.6. The average Bonchev–Trinajstić information content (AvgIpc) is 3.22. The van der Waals surface area contributed by atoms with Gasteiger partial charge in [0.05, 0.1) is 11.4 Å². The second-order valence-electron chi connectivity index (χ2n) is 6.11. The molecule has 0 amide bonds. The highest BCUT2D eigenvalue weighted by Gasteiger charge is 2.21. The Kier molecular flexibility index (Phi) is 4.72. The molecule has 27 heavy (non-hydrogen) atoms. The number of benzene rings is 2. The SMILES string of the molecule is Cn1nnn(-c2cccc(Cl)c2CON=C2CCc3c(Cl)cccc32)c1=O. The summed E-state index contributed by atoms with van der Waals surface area (Å²) in [6.07, 6.45) is 1.60. The topological polar surface area (TPSA) is 74.3 Å². The maximum atomic E-state index is 12.2. The van der Waals surface area contributed by atoms with Crippen LogP contribution in [0.1, 0.15) is 23.1 Å². The fourth-order valence-corrected chi connectivity index (χ4v) is 3.58. The van der Waals surface area contributed by atoms with Crippen LogP contribution in [-0.2, 0) is 24.9 Å². The number of hydrogen-bond donors (Lipinski definition) is 0. The number of oxime groups is 1. The van der Waals surface area contributed by atoms with Gasteiger partial charge in [0.25, 0.3) is 0 Å². The standard InChI is InChI=1S/C18H15Cl2N5O2/c1-24-18(26)25(23-22-24)17-7-3-6-15(20)13(17)10-27-21-16-9-8-11-12(16)4-2-5-14(11)19/h2-7H,8-10H2,1H3. The van der Waals surface area contributed by atoms with Crippen molar-refractivity contribution in [1.82, 2.24) is 19.8 Å². The molecule has 0 radical (unpaired) electrons. The second-order valence-corrected chi connectivity index (χ2v) is 6.93. The molecule has 2 aromatic carbocycles. The van der Waals surface area contributed by atoms with Crippen molar-refractivity contribution in [1.29, 1.82) is 0 Å². The van der Waals surface area contributed by atoms with Crippen LogP contribution < -0.4 is 5.69 Å². The summed E-state index contributed by atoms with van der Waals surface area (Å²) < 4.78 is 2.33. The second kappa shape index (κ2) is 7.17. The summed E-state index contributed by atoms with van der Waals surface area (Å²) in [5.74, 6) is 0. The summed E-state index contributed by atoms with van der Waals surface area (Å²) in [5.41, 5.74) is 3.69. The van der Waals surface area contributed by atoms with Crippen molar-refractivity contribution in [3.05, 3.63) is 73.6 Å². The van der Waals surface area contributed by atoms with Gasteiger partial charge >= 0.3 is 5.69 Å². The van der Waals surface area contributed by atoms with Gasteiger partial charge in [-0.2, -0.15) is 9.36 Å². The number of aryl methyl sites for hydroxylation is 1. The number of tetrazole rings is 1. The molecule has 1 aliphatic carbocycles. The van der Waals surface area contributed by atoms with E-state index in [0.29, 0.717) is 16.3 Å². The van der Waals surface area contributed by atoms with E-state index in [9.17, 15) is 4.79 Å².